The van der Waals surface area contributed by atoms with Gasteiger partial charge in [0.1, 0.15) is 18.1 Å². The van der Waals surface area contributed by atoms with E-state index in [1.807, 2.05) is 39.0 Å². The molecule has 1 aromatic carbocycles. The fourth-order valence-corrected chi connectivity index (χ4v) is 2.64. The smallest absolute Gasteiger partial charge is 0.360 e. The van der Waals surface area contributed by atoms with Crippen molar-refractivity contribution in [2.45, 2.75) is 33.9 Å². The Hall–Kier alpha value is -3.55. The van der Waals surface area contributed by atoms with E-state index in [9.17, 15) is 9.59 Å². The number of methoxy groups -OCH3 is 1. The highest BCUT2D eigenvalue weighted by atomic mass is 16.5. The van der Waals surface area contributed by atoms with Crippen LogP contribution in [0.1, 0.15) is 44.9 Å². The maximum Gasteiger partial charge on any atom is 0.360 e. The Bertz CT molecular complexity index is 1030. The monoisotopic (exact) mass is 397 g/mol. The van der Waals surface area contributed by atoms with Crippen LogP contribution < -0.4 is 10.1 Å². The highest BCUT2D eigenvalue weighted by Crippen LogP contribution is 2.20. The minimum Gasteiger partial charge on any atom is -0.486 e. The molecule has 0 aliphatic rings. The lowest BCUT2D eigenvalue weighted by Crippen LogP contribution is -2.14. The van der Waals surface area contributed by atoms with Gasteiger partial charge in [-0.3, -0.25) is 9.48 Å². The standard InChI is InChI=1S/C21H23N3O5/c1-5-24-11-17(19(23-24)21(26)27-4)22-20(25)18-9-8-16(29-18)12-28-15-7-6-13(2)14(3)10-15/h6-11H,5,12H2,1-4H3,(H,22,25). The molecule has 0 saturated heterocycles. The number of nitrogens with zero attached hydrogens (tertiary/aromatic N) is 2. The summed E-state index contributed by atoms with van der Waals surface area (Å²) in [5, 5.41) is 6.74. The van der Waals surface area contributed by atoms with Gasteiger partial charge in [-0.1, -0.05) is 6.07 Å². The number of hydrogen-bond acceptors (Lipinski definition) is 6. The summed E-state index contributed by atoms with van der Waals surface area (Å²) < 4.78 is 17.5. The van der Waals surface area contributed by atoms with E-state index < -0.39 is 11.9 Å². The molecule has 0 unspecified atom stereocenters. The van der Waals surface area contributed by atoms with Crippen molar-refractivity contribution in [3.05, 3.63) is 64.9 Å². The van der Waals surface area contributed by atoms with Crippen molar-refractivity contribution in [2.24, 2.45) is 0 Å². The molecule has 0 aliphatic heterocycles. The van der Waals surface area contributed by atoms with Crippen molar-refractivity contribution in [3.63, 3.8) is 0 Å². The molecule has 29 heavy (non-hydrogen) atoms. The quantitative estimate of drug-likeness (QED) is 0.610. The third-order valence-corrected chi connectivity index (χ3v) is 4.46. The zero-order valence-corrected chi connectivity index (χ0v) is 16.8. The summed E-state index contributed by atoms with van der Waals surface area (Å²) in [6.07, 6.45) is 1.57. The van der Waals surface area contributed by atoms with Crippen LogP contribution in [0.5, 0.6) is 5.75 Å². The van der Waals surface area contributed by atoms with E-state index >= 15 is 0 Å². The topological polar surface area (TPSA) is 95.6 Å². The van der Waals surface area contributed by atoms with Crippen LogP contribution in [-0.2, 0) is 17.9 Å². The second-order valence-electron chi connectivity index (χ2n) is 6.49. The third-order valence-electron chi connectivity index (χ3n) is 4.46. The lowest BCUT2D eigenvalue weighted by Gasteiger charge is -2.07. The molecule has 0 fully saturated rings. The summed E-state index contributed by atoms with van der Waals surface area (Å²) >= 11 is 0. The number of esters is 1. The van der Waals surface area contributed by atoms with E-state index in [2.05, 4.69) is 10.4 Å². The molecule has 0 bridgehead atoms. The van der Waals surface area contributed by atoms with Crippen LogP contribution in [0, 0.1) is 13.8 Å². The summed E-state index contributed by atoms with van der Waals surface area (Å²) in [5.41, 5.74) is 2.61. The normalized spacial score (nSPS) is 10.6. The number of aromatic nitrogens is 2. The number of carbonyl (C=O) groups is 2. The number of amides is 1. The number of benzene rings is 1. The molecule has 0 atom stereocenters. The maximum absolute atomic E-state index is 12.5. The maximum atomic E-state index is 12.5. The van der Waals surface area contributed by atoms with Crippen molar-refractivity contribution in [3.8, 4) is 5.75 Å². The number of furan rings is 1. The SMILES string of the molecule is CCn1cc(NC(=O)c2ccc(COc3ccc(C)c(C)c3)o2)c(C(=O)OC)n1. The van der Waals surface area contributed by atoms with Crippen LogP contribution in [0.3, 0.4) is 0 Å². The van der Waals surface area contributed by atoms with Gasteiger partial charge >= 0.3 is 5.97 Å². The van der Waals surface area contributed by atoms with E-state index in [0.717, 1.165) is 11.3 Å². The Morgan fingerprint density at radius 2 is 1.97 bits per heavy atom. The van der Waals surface area contributed by atoms with Gasteiger partial charge in [0.25, 0.3) is 5.91 Å². The molecule has 8 heteroatoms. The Labute approximate surface area is 168 Å². The molecular formula is C21H23N3O5. The van der Waals surface area contributed by atoms with Crippen LogP contribution in [0.2, 0.25) is 0 Å². The summed E-state index contributed by atoms with van der Waals surface area (Å²) in [7, 11) is 1.26. The first-order chi connectivity index (χ1) is 13.9. The van der Waals surface area contributed by atoms with E-state index in [1.165, 1.54) is 17.4 Å². The van der Waals surface area contributed by atoms with Crippen LogP contribution in [0.15, 0.2) is 40.9 Å². The summed E-state index contributed by atoms with van der Waals surface area (Å²) in [4.78, 5) is 24.4. The molecule has 0 spiro atoms. The van der Waals surface area contributed by atoms with Crippen molar-refractivity contribution < 1.29 is 23.5 Å². The number of nitrogens with one attached hydrogen (secondary N) is 1. The summed E-state index contributed by atoms with van der Waals surface area (Å²) in [6.45, 7) is 6.65. The molecule has 3 rings (SSSR count). The average molecular weight is 397 g/mol. The van der Waals surface area contributed by atoms with Gasteiger partial charge in [-0.25, -0.2) is 4.79 Å². The highest BCUT2D eigenvalue weighted by molar-refractivity contribution is 6.05. The second kappa shape index (κ2) is 8.64. The van der Waals surface area contributed by atoms with Crippen molar-refractivity contribution in [2.75, 3.05) is 12.4 Å². The Morgan fingerprint density at radius 3 is 2.66 bits per heavy atom. The fraction of sp³-hybridized carbons (Fsp3) is 0.286. The summed E-state index contributed by atoms with van der Waals surface area (Å²) in [6, 6.07) is 9.05. The first-order valence-corrected chi connectivity index (χ1v) is 9.17. The molecule has 8 nitrogen and oxygen atoms in total. The van der Waals surface area contributed by atoms with Crippen LogP contribution in [0.25, 0.3) is 0 Å². The number of aryl methyl sites for hydroxylation is 3. The molecule has 0 saturated carbocycles. The number of rotatable bonds is 7. The lowest BCUT2D eigenvalue weighted by atomic mass is 10.1. The molecule has 0 aliphatic carbocycles. The molecule has 152 valence electrons. The molecule has 0 radical (unpaired) electrons. The minimum absolute atomic E-state index is 0.0348. The number of ether oxygens (including phenoxy) is 2. The first-order valence-electron chi connectivity index (χ1n) is 9.17. The fourth-order valence-electron chi connectivity index (χ4n) is 2.64. The third kappa shape index (κ3) is 4.66. The zero-order valence-electron chi connectivity index (χ0n) is 16.8. The Morgan fingerprint density at radius 1 is 1.17 bits per heavy atom. The number of anilines is 1. The zero-order chi connectivity index (χ0) is 21.0. The lowest BCUT2D eigenvalue weighted by molar-refractivity contribution is 0.0594. The highest BCUT2D eigenvalue weighted by Gasteiger charge is 2.21. The minimum atomic E-state index is -0.630. The molecule has 3 aromatic rings. The molecule has 1 N–H and O–H groups in total. The van der Waals surface area contributed by atoms with Gasteiger partial charge in [-0.05, 0) is 56.2 Å². The molecule has 2 heterocycles. The first kappa shape index (κ1) is 20.2. The van der Waals surface area contributed by atoms with Gasteiger partial charge in [0.05, 0.1) is 12.8 Å². The molecule has 2 aromatic heterocycles. The molecule has 1 amide bonds. The van der Waals surface area contributed by atoms with Crippen molar-refractivity contribution in [1.82, 2.24) is 9.78 Å². The van der Waals surface area contributed by atoms with Gasteiger partial charge < -0.3 is 19.2 Å². The Kier molecular flexibility index (Phi) is 6.01. The van der Waals surface area contributed by atoms with Gasteiger partial charge in [-0.2, -0.15) is 5.10 Å². The number of carbonyl (C=O) groups excluding carboxylic acids is 2. The summed E-state index contributed by atoms with van der Waals surface area (Å²) in [5.74, 6) is 0.206. The van der Waals surface area contributed by atoms with Gasteiger partial charge in [0.15, 0.2) is 11.5 Å². The van der Waals surface area contributed by atoms with Crippen molar-refractivity contribution in [1.29, 1.82) is 0 Å². The van der Waals surface area contributed by atoms with Crippen LogP contribution in [-0.4, -0.2) is 28.8 Å². The van der Waals surface area contributed by atoms with E-state index in [0.29, 0.717) is 12.3 Å². The second-order valence-corrected chi connectivity index (χ2v) is 6.49. The average Bonchev–Trinajstić information content (AvgIpc) is 3.35. The predicted molar refractivity (Wildman–Crippen MR) is 106 cm³/mol. The van der Waals surface area contributed by atoms with E-state index in [-0.39, 0.29) is 23.7 Å². The Balaban J connectivity index is 1.67. The van der Waals surface area contributed by atoms with Gasteiger partial charge in [0, 0.05) is 12.7 Å². The van der Waals surface area contributed by atoms with Gasteiger partial charge in [0.2, 0.25) is 0 Å². The van der Waals surface area contributed by atoms with Crippen LogP contribution >= 0.6 is 0 Å². The van der Waals surface area contributed by atoms with Crippen LogP contribution in [0.4, 0.5) is 5.69 Å². The van der Waals surface area contributed by atoms with E-state index in [4.69, 9.17) is 13.9 Å². The largest absolute Gasteiger partial charge is 0.486 e. The van der Waals surface area contributed by atoms with E-state index in [1.54, 1.807) is 18.3 Å². The van der Waals surface area contributed by atoms with Gasteiger partial charge in [-0.15, -0.1) is 0 Å². The van der Waals surface area contributed by atoms with Crippen molar-refractivity contribution >= 4 is 17.6 Å². The number of hydrogen-bond donors (Lipinski definition) is 1. The predicted octanol–water partition coefficient (Wildman–Crippen LogP) is 3.73. The molecular weight excluding hydrogens is 374 g/mol.